The first-order valence-electron chi connectivity index (χ1n) is 6.20. The van der Waals surface area contributed by atoms with Crippen LogP contribution in [-0.2, 0) is 0 Å². The van der Waals surface area contributed by atoms with Crippen LogP contribution in [0.15, 0.2) is 53.9 Å². The molecule has 0 amide bonds. The molecule has 0 saturated heterocycles. The lowest BCUT2D eigenvalue weighted by Gasteiger charge is -1.98. The van der Waals surface area contributed by atoms with Crippen LogP contribution in [0.4, 0.5) is 11.4 Å². The molecule has 0 spiro atoms. The zero-order chi connectivity index (χ0) is 14.8. The number of anilines is 1. The highest BCUT2D eigenvalue weighted by molar-refractivity contribution is 7.13. The van der Waals surface area contributed by atoms with Crippen LogP contribution in [0.2, 0.25) is 0 Å². The van der Waals surface area contributed by atoms with Gasteiger partial charge < -0.3 is 5.73 Å². The fourth-order valence-electron chi connectivity index (χ4n) is 1.99. The Morgan fingerprint density at radius 3 is 2.62 bits per heavy atom. The van der Waals surface area contributed by atoms with Gasteiger partial charge in [-0.25, -0.2) is 4.98 Å². The number of hydrogen-bond acceptors (Lipinski definition) is 5. The number of nitrogens with two attached hydrogens (primary N) is 1. The van der Waals surface area contributed by atoms with Crippen molar-refractivity contribution in [3.05, 3.63) is 64.0 Å². The molecule has 2 N–H and O–H groups in total. The minimum atomic E-state index is -0.408. The molecule has 0 unspecified atom stereocenters. The van der Waals surface area contributed by atoms with Gasteiger partial charge in [0.1, 0.15) is 5.01 Å². The van der Waals surface area contributed by atoms with E-state index in [2.05, 4.69) is 4.98 Å². The molecule has 0 atom stereocenters. The van der Waals surface area contributed by atoms with Crippen LogP contribution in [0.3, 0.4) is 0 Å². The number of nitro benzene ring substituents is 1. The summed E-state index contributed by atoms with van der Waals surface area (Å²) in [5.41, 5.74) is 8.91. The minimum Gasteiger partial charge on any atom is -0.399 e. The third-order valence-corrected chi connectivity index (χ3v) is 3.88. The van der Waals surface area contributed by atoms with Crippen LogP contribution in [-0.4, -0.2) is 9.91 Å². The molecular formula is C15H11N3O2S. The zero-order valence-electron chi connectivity index (χ0n) is 10.9. The van der Waals surface area contributed by atoms with Gasteiger partial charge in [-0.2, -0.15) is 0 Å². The van der Waals surface area contributed by atoms with Gasteiger partial charge in [0.2, 0.25) is 0 Å². The molecule has 2 aromatic carbocycles. The van der Waals surface area contributed by atoms with Crippen molar-refractivity contribution in [3.63, 3.8) is 0 Å². The molecule has 1 aromatic heterocycles. The lowest BCUT2D eigenvalue weighted by molar-refractivity contribution is -0.384. The molecule has 1 heterocycles. The second kappa shape index (κ2) is 5.34. The van der Waals surface area contributed by atoms with Gasteiger partial charge in [0.15, 0.2) is 0 Å². The molecule has 21 heavy (non-hydrogen) atoms. The third-order valence-electron chi connectivity index (χ3n) is 2.99. The average Bonchev–Trinajstić information content (AvgIpc) is 2.97. The van der Waals surface area contributed by atoms with E-state index in [0.29, 0.717) is 5.69 Å². The fraction of sp³-hybridized carbons (Fsp3) is 0. The normalized spacial score (nSPS) is 10.5. The molecule has 5 nitrogen and oxygen atoms in total. The summed E-state index contributed by atoms with van der Waals surface area (Å²) in [6, 6.07) is 13.9. The molecule has 104 valence electrons. The largest absolute Gasteiger partial charge is 0.399 e. The summed E-state index contributed by atoms with van der Waals surface area (Å²) >= 11 is 1.48. The van der Waals surface area contributed by atoms with Crippen LogP contribution in [0, 0.1) is 10.1 Å². The van der Waals surface area contributed by atoms with Crippen molar-refractivity contribution in [2.75, 3.05) is 5.73 Å². The SMILES string of the molecule is Nc1cccc(-c2nc(-c3cccc([N+](=O)[O-])c3)cs2)c1. The van der Waals surface area contributed by atoms with Crippen molar-refractivity contribution >= 4 is 22.7 Å². The molecule has 0 fully saturated rings. The van der Waals surface area contributed by atoms with Crippen molar-refractivity contribution < 1.29 is 4.92 Å². The standard InChI is InChI=1S/C15H11N3O2S/c16-12-5-1-4-11(7-12)15-17-14(9-21-15)10-3-2-6-13(8-10)18(19)20/h1-9H,16H2. The van der Waals surface area contributed by atoms with E-state index in [1.54, 1.807) is 6.07 Å². The number of thiazole rings is 1. The number of non-ortho nitro benzene ring substituents is 1. The van der Waals surface area contributed by atoms with Crippen LogP contribution >= 0.6 is 11.3 Å². The number of rotatable bonds is 3. The molecular weight excluding hydrogens is 286 g/mol. The second-order valence-electron chi connectivity index (χ2n) is 4.47. The molecule has 3 rings (SSSR count). The lowest BCUT2D eigenvalue weighted by Crippen LogP contribution is -1.88. The maximum Gasteiger partial charge on any atom is 0.270 e. The van der Waals surface area contributed by atoms with Gasteiger partial charge in [-0.1, -0.05) is 24.3 Å². The van der Waals surface area contributed by atoms with Crippen LogP contribution in [0.25, 0.3) is 21.8 Å². The first-order valence-corrected chi connectivity index (χ1v) is 7.08. The number of nitro groups is 1. The quantitative estimate of drug-likeness (QED) is 0.450. The number of hydrogen-bond donors (Lipinski definition) is 1. The Kier molecular flexibility index (Phi) is 3.37. The maximum absolute atomic E-state index is 10.8. The van der Waals surface area contributed by atoms with Crippen molar-refractivity contribution in [3.8, 4) is 21.8 Å². The molecule has 6 heteroatoms. The second-order valence-corrected chi connectivity index (χ2v) is 5.33. The molecule has 0 bridgehead atoms. The Morgan fingerprint density at radius 1 is 1.10 bits per heavy atom. The van der Waals surface area contributed by atoms with Crippen LogP contribution < -0.4 is 5.73 Å². The van der Waals surface area contributed by atoms with E-state index in [-0.39, 0.29) is 5.69 Å². The molecule has 0 aliphatic rings. The Balaban J connectivity index is 1.98. The van der Waals surface area contributed by atoms with E-state index >= 15 is 0 Å². The van der Waals surface area contributed by atoms with Crippen molar-refractivity contribution in [2.24, 2.45) is 0 Å². The molecule has 0 aliphatic heterocycles. The fourth-order valence-corrected chi connectivity index (χ4v) is 2.82. The number of aromatic nitrogens is 1. The van der Waals surface area contributed by atoms with E-state index < -0.39 is 4.92 Å². The Bertz CT molecular complexity index is 814. The lowest BCUT2D eigenvalue weighted by atomic mass is 10.1. The van der Waals surface area contributed by atoms with Gasteiger partial charge in [0.25, 0.3) is 5.69 Å². The van der Waals surface area contributed by atoms with Gasteiger partial charge in [-0.15, -0.1) is 11.3 Å². The molecule has 0 radical (unpaired) electrons. The Hall–Kier alpha value is -2.73. The highest BCUT2D eigenvalue weighted by atomic mass is 32.1. The summed E-state index contributed by atoms with van der Waals surface area (Å²) in [4.78, 5) is 14.9. The molecule has 0 aliphatic carbocycles. The van der Waals surface area contributed by atoms with Crippen molar-refractivity contribution in [1.29, 1.82) is 0 Å². The topological polar surface area (TPSA) is 82.0 Å². The van der Waals surface area contributed by atoms with Crippen molar-refractivity contribution in [2.45, 2.75) is 0 Å². The van der Waals surface area contributed by atoms with Gasteiger partial charge >= 0.3 is 0 Å². The number of nitrogens with zero attached hydrogens (tertiary/aromatic N) is 2. The summed E-state index contributed by atoms with van der Waals surface area (Å²) in [6.45, 7) is 0. The summed E-state index contributed by atoms with van der Waals surface area (Å²) in [7, 11) is 0. The van der Waals surface area contributed by atoms with Gasteiger partial charge in [-0.3, -0.25) is 10.1 Å². The van der Waals surface area contributed by atoms with E-state index in [1.165, 1.54) is 23.5 Å². The van der Waals surface area contributed by atoms with Gasteiger partial charge in [-0.05, 0) is 12.1 Å². The number of nitrogen functional groups attached to an aromatic ring is 1. The van der Waals surface area contributed by atoms with Crippen LogP contribution in [0.5, 0.6) is 0 Å². The molecule has 0 saturated carbocycles. The predicted octanol–water partition coefficient (Wildman–Crippen LogP) is 3.97. The Morgan fingerprint density at radius 2 is 1.86 bits per heavy atom. The third kappa shape index (κ3) is 2.75. The first-order chi connectivity index (χ1) is 10.1. The zero-order valence-corrected chi connectivity index (χ0v) is 11.7. The van der Waals surface area contributed by atoms with Crippen LogP contribution in [0.1, 0.15) is 0 Å². The first kappa shape index (κ1) is 13.3. The Labute approximate surface area is 124 Å². The highest BCUT2D eigenvalue weighted by Gasteiger charge is 2.10. The minimum absolute atomic E-state index is 0.0611. The van der Waals surface area contributed by atoms with E-state index in [0.717, 1.165) is 21.8 Å². The van der Waals surface area contributed by atoms with E-state index in [9.17, 15) is 10.1 Å². The van der Waals surface area contributed by atoms with E-state index in [1.807, 2.05) is 35.7 Å². The summed E-state index contributed by atoms with van der Waals surface area (Å²) in [5.74, 6) is 0. The summed E-state index contributed by atoms with van der Waals surface area (Å²) in [5, 5.41) is 13.5. The predicted molar refractivity (Wildman–Crippen MR) is 84.1 cm³/mol. The highest BCUT2D eigenvalue weighted by Crippen LogP contribution is 2.30. The van der Waals surface area contributed by atoms with E-state index in [4.69, 9.17) is 5.73 Å². The maximum atomic E-state index is 10.8. The smallest absolute Gasteiger partial charge is 0.270 e. The monoisotopic (exact) mass is 297 g/mol. The number of benzene rings is 2. The molecule has 3 aromatic rings. The van der Waals surface area contributed by atoms with Gasteiger partial charge in [0, 0.05) is 34.3 Å². The van der Waals surface area contributed by atoms with Gasteiger partial charge in [0.05, 0.1) is 10.6 Å². The summed E-state index contributed by atoms with van der Waals surface area (Å²) < 4.78 is 0. The average molecular weight is 297 g/mol. The van der Waals surface area contributed by atoms with Crippen molar-refractivity contribution in [1.82, 2.24) is 4.98 Å². The summed E-state index contributed by atoms with van der Waals surface area (Å²) in [6.07, 6.45) is 0.